The maximum absolute atomic E-state index is 5.44. The van der Waals surface area contributed by atoms with Crippen LogP contribution in [0.4, 0.5) is 0 Å². The lowest BCUT2D eigenvalue weighted by molar-refractivity contribution is 0.326. The highest BCUT2D eigenvalue weighted by Crippen LogP contribution is 2.24. The van der Waals surface area contributed by atoms with Crippen LogP contribution in [0.2, 0.25) is 0 Å². The summed E-state index contributed by atoms with van der Waals surface area (Å²) in [7, 11) is 3.29. The Morgan fingerprint density at radius 3 is 2.63 bits per heavy atom. The number of pyridine rings is 1. The van der Waals surface area contributed by atoms with Gasteiger partial charge in [-0.3, -0.25) is 0 Å². The van der Waals surface area contributed by atoms with Crippen molar-refractivity contribution in [2.75, 3.05) is 27.4 Å². The summed E-state index contributed by atoms with van der Waals surface area (Å²) in [6.45, 7) is 6.44. The van der Waals surface area contributed by atoms with Crippen molar-refractivity contribution < 1.29 is 14.2 Å². The van der Waals surface area contributed by atoms with Gasteiger partial charge in [0, 0.05) is 37.0 Å². The number of guanidine groups is 1. The van der Waals surface area contributed by atoms with Gasteiger partial charge in [-0.1, -0.05) is 0 Å². The maximum Gasteiger partial charge on any atom is 0.213 e. The lowest BCUT2D eigenvalue weighted by atomic mass is 10.2. The van der Waals surface area contributed by atoms with E-state index in [-0.39, 0.29) is 0 Å². The lowest BCUT2D eigenvalue weighted by Crippen LogP contribution is -2.36. The summed E-state index contributed by atoms with van der Waals surface area (Å²) in [5, 5.41) is 6.58. The van der Waals surface area contributed by atoms with Crippen LogP contribution in [-0.2, 0) is 13.1 Å². The van der Waals surface area contributed by atoms with E-state index in [9.17, 15) is 0 Å². The van der Waals surface area contributed by atoms with E-state index in [0.29, 0.717) is 25.6 Å². The second-order valence-corrected chi connectivity index (χ2v) is 5.66. The van der Waals surface area contributed by atoms with Gasteiger partial charge in [0.05, 0.1) is 27.4 Å². The highest BCUT2D eigenvalue weighted by atomic mass is 16.5. The van der Waals surface area contributed by atoms with Crippen molar-refractivity contribution in [2.45, 2.75) is 26.9 Å². The van der Waals surface area contributed by atoms with Crippen LogP contribution >= 0.6 is 0 Å². The Bertz CT molecular complexity index is 750. The number of aromatic nitrogens is 1. The van der Waals surface area contributed by atoms with E-state index >= 15 is 0 Å². The molecule has 0 saturated heterocycles. The Hall–Kier alpha value is -2.96. The van der Waals surface area contributed by atoms with Crippen LogP contribution in [0.1, 0.15) is 25.0 Å². The number of methoxy groups -OCH3 is 2. The Kier molecular flexibility index (Phi) is 8.22. The molecule has 146 valence electrons. The standard InChI is InChI=1S/C20H28N4O3/c1-5-21-20(23-13-15-9-10-22-19(11-15)27-6-2)24-14-16-7-8-17(25-3)12-18(16)26-4/h7-12H,5-6,13-14H2,1-4H3,(H2,21,23,24). The Morgan fingerprint density at radius 1 is 1.07 bits per heavy atom. The minimum Gasteiger partial charge on any atom is -0.497 e. The number of hydrogen-bond acceptors (Lipinski definition) is 5. The number of nitrogens with zero attached hydrogens (tertiary/aromatic N) is 2. The van der Waals surface area contributed by atoms with Crippen LogP contribution in [0.3, 0.4) is 0 Å². The van der Waals surface area contributed by atoms with E-state index in [1.54, 1.807) is 20.4 Å². The molecule has 7 heteroatoms. The molecule has 0 amide bonds. The van der Waals surface area contributed by atoms with Gasteiger partial charge in [0.25, 0.3) is 0 Å². The van der Waals surface area contributed by atoms with Crippen LogP contribution in [0.5, 0.6) is 17.4 Å². The molecule has 0 radical (unpaired) electrons. The fourth-order valence-corrected chi connectivity index (χ4v) is 2.46. The molecule has 2 N–H and O–H groups in total. The van der Waals surface area contributed by atoms with Gasteiger partial charge in [0.2, 0.25) is 5.88 Å². The first kappa shape index (κ1) is 20.4. The SMILES string of the molecule is CCNC(=NCc1ccnc(OCC)c1)NCc1ccc(OC)cc1OC. The molecule has 0 atom stereocenters. The van der Waals surface area contributed by atoms with Gasteiger partial charge in [-0.25, -0.2) is 9.98 Å². The molecule has 7 nitrogen and oxygen atoms in total. The molecule has 0 fully saturated rings. The largest absolute Gasteiger partial charge is 0.497 e. The van der Waals surface area contributed by atoms with Crippen molar-refractivity contribution >= 4 is 5.96 Å². The zero-order chi connectivity index (χ0) is 19.5. The minimum atomic E-state index is 0.525. The Labute approximate surface area is 160 Å². The number of benzene rings is 1. The fraction of sp³-hybridized carbons (Fsp3) is 0.400. The molecule has 2 rings (SSSR count). The molecule has 0 aliphatic carbocycles. The topological polar surface area (TPSA) is 77.0 Å². The van der Waals surface area contributed by atoms with Gasteiger partial charge in [-0.2, -0.15) is 0 Å². The van der Waals surface area contributed by atoms with E-state index in [0.717, 1.165) is 35.1 Å². The Morgan fingerprint density at radius 2 is 1.93 bits per heavy atom. The molecular weight excluding hydrogens is 344 g/mol. The van der Waals surface area contributed by atoms with Crippen LogP contribution in [0.25, 0.3) is 0 Å². The van der Waals surface area contributed by atoms with E-state index < -0.39 is 0 Å². The number of nitrogens with one attached hydrogen (secondary N) is 2. The van der Waals surface area contributed by atoms with Crippen molar-refractivity contribution in [1.82, 2.24) is 15.6 Å². The van der Waals surface area contributed by atoms with Crippen molar-refractivity contribution in [3.63, 3.8) is 0 Å². The first-order valence-corrected chi connectivity index (χ1v) is 9.01. The number of aliphatic imine (C=N–C) groups is 1. The maximum atomic E-state index is 5.44. The first-order valence-electron chi connectivity index (χ1n) is 9.01. The third-order valence-electron chi connectivity index (χ3n) is 3.80. The van der Waals surface area contributed by atoms with E-state index in [4.69, 9.17) is 14.2 Å². The summed E-state index contributed by atoms with van der Waals surface area (Å²) >= 11 is 0. The van der Waals surface area contributed by atoms with Crippen LogP contribution in [-0.4, -0.2) is 38.3 Å². The summed E-state index contributed by atoms with van der Waals surface area (Å²) in [6.07, 6.45) is 1.73. The zero-order valence-electron chi connectivity index (χ0n) is 16.4. The van der Waals surface area contributed by atoms with Gasteiger partial charge in [-0.05, 0) is 37.6 Å². The smallest absolute Gasteiger partial charge is 0.213 e. The molecule has 0 spiro atoms. The zero-order valence-corrected chi connectivity index (χ0v) is 16.4. The van der Waals surface area contributed by atoms with E-state index in [2.05, 4.69) is 20.6 Å². The second-order valence-electron chi connectivity index (χ2n) is 5.66. The fourth-order valence-electron chi connectivity index (χ4n) is 2.46. The van der Waals surface area contributed by atoms with Gasteiger partial charge in [0.15, 0.2) is 5.96 Å². The quantitative estimate of drug-likeness (QED) is 0.521. The molecule has 0 aliphatic rings. The van der Waals surface area contributed by atoms with E-state index in [1.165, 1.54) is 0 Å². The highest BCUT2D eigenvalue weighted by molar-refractivity contribution is 5.79. The minimum absolute atomic E-state index is 0.525. The second kappa shape index (κ2) is 10.9. The molecule has 0 unspecified atom stereocenters. The van der Waals surface area contributed by atoms with Crippen molar-refractivity contribution in [2.24, 2.45) is 4.99 Å². The van der Waals surface area contributed by atoms with Crippen molar-refractivity contribution in [1.29, 1.82) is 0 Å². The average molecular weight is 372 g/mol. The van der Waals surface area contributed by atoms with Gasteiger partial charge in [-0.15, -0.1) is 0 Å². The third-order valence-corrected chi connectivity index (χ3v) is 3.80. The van der Waals surface area contributed by atoms with Crippen molar-refractivity contribution in [3.05, 3.63) is 47.7 Å². The average Bonchev–Trinajstić information content (AvgIpc) is 2.70. The Balaban J connectivity index is 2.04. The summed E-state index contributed by atoms with van der Waals surface area (Å²) < 4.78 is 16.1. The van der Waals surface area contributed by atoms with Crippen LogP contribution in [0, 0.1) is 0 Å². The highest BCUT2D eigenvalue weighted by Gasteiger charge is 2.06. The molecule has 2 aromatic rings. The predicted molar refractivity (Wildman–Crippen MR) is 107 cm³/mol. The normalized spacial score (nSPS) is 11.0. The molecule has 1 aromatic carbocycles. The summed E-state index contributed by atoms with van der Waals surface area (Å²) in [6, 6.07) is 9.60. The predicted octanol–water partition coefficient (Wildman–Crippen LogP) is 2.75. The molecule has 0 aliphatic heterocycles. The monoisotopic (exact) mass is 372 g/mol. The summed E-state index contributed by atoms with van der Waals surface area (Å²) in [5.74, 6) is 2.88. The van der Waals surface area contributed by atoms with E-state index in [1.807, 2.05) is 44.2 Å². The number of ether oxygens (including phenoxy) is 3. The molecule has 1 aromatic heterocycles. The van der Waals surface area contributed by atoms with Gasteiger partial charge >= 0.3 is 0 Å². The van der Waals surface area contributed by atoms with Gasteiger partial charge in [0.1, 0.15) is 11.5 Å². The number of hydrogen-bond donors (Lipinski definition) is 2. The number of rotatable bonds is 9. The van der Waals surface area contributed by atoms with Crippen molar-refractivity contribution in [3.8, 4) is 17.4 Å². The molecule has 27 heavy (non-hydrogen) atoms. The van der Waals surface area contributed by atoms with Crippen LogP contribution in [0.15, 0.2) is 41.5 Å². The lowest BCUT2D eigenvalue weighted by Gasteiger charge is -2.14. The molecule has 0 bridgehead atoms. The summed E-state index contributed by atoms with van der Waals surface area (Å²) in [5.41, 5.74) is 2.05. The molecule has 1 heterocycles. The van der Waals surface area contributed by atoms with Crippen LogP contribution < -0.4 is 24.8 Å². The third kappa shape index (κ3) is 6.36. The molecular formula is C20H28N4O3. The summed E-state index contributed by atoms with van der Waals surface area (Å²) in [4.78, 5) is 8.81. The molecule has 0 saturated carbocycles. The first-order chi connectivity index (χ1) is 13.2. The van der Waals surface area contributed by atoms with Gasteiger partial charge < -0.3 is 24.8 Å².